The number of nitrogens with zero attached hydrogens (tertiary/aromatic N) is 2. The monoisotopic (exact) mass is 235 g/mol. The molecule has 0 saturated heterocycles. The Balaban J connectivity index is 2.03. The van der Waals surface area contributed by atoms with E-state index in [1.54, 1.807) is 23.9 Å². The third-order valence-electron chi connectivity index (χ3n) is 2.23. The second-order valence-electron chi connectivity index (χ2n) is 3.46. The Morgan fingerprint density at radius 3 is 3.12 bits per heavy atom. The second kappa shape index (κ2) is 5.05. The fourth-order valence-electron chi connectivity index (χ4n) is 1.43. The van der Waals surface area contributed by atoms with Crippen LogP contribution in [0.4, 0.5) is 0 Å². The fourth-order valence-corrected chi connectivity index (χ4v) is 2.13. The van der Waals surface area contributed by atoms with Gasteiger partial charge in [-0.15, -0.1) is 11.3 Å². The number of aromatic nitrogens is 2. The predicted octanol–water partition coefficient (Wildman–Crippen LogP) is 1.33. The van der Waals surface area contributed by atoms with E-state index >= 15 is 0 Å². The van der Waals surface area contributed by atoms with Crippen molar-refractivity contribution in [1.82, 2.24) is 9.55 Å². The van der Waals surface area contributed by atoms with Crippen molar-refractivity contribution in [3.63, 3.8) is 0 Å². The van der Waals surface area contributed by atoms with Crippen LogP contribution in [-0.2, 0) is 12.8 Å². The van der Waals surface area contributed by atoms with Gasteiger partial charge in [-0.2, -0.15) is 0 Å². The molecule has 0 amide bonds. The number of thiophene rings is 1. The van der Waals surface area contributed by atoms with Crippen LogP contribution in [0.5, 0.6) is 0 Å². The largest absolute Gasteiger partial charge is 0.330 e. The van der Waals surface area contributed by atoms with Crippen molar-refractivity contribution in [3.8, 4) is 0 Å². The first-order valence-corrected chi connectivity index (χ1v) is 5.96. The van der Waals surface area contributed by atoms with Gasteiger partial charge in [-0.05, 0) is 18.0 Å². The van der Waals surface area contributed by atoms with Crippen LogP contribution in [0.15, 0.2) is 30.0 Å². The van der Waals surface area contributed by atoms with E-state index in [-0.39, 0.29) is 5.91 Å². The minimum Gasteiger partial charge on any atom is -0.330 e. The first-order chi connectivity index (χ1) is 7.79. The molecule has 0 spiro atoms. The zero-order chi connectivity index (χ0) is 11.4. The van der Waals surface area contributed by atoms with Crippen LogP contribution >= 0.6 is 11.3 Å². The maximum Gasteiger partial charge on any atom is 0.237 e. The molecule has 0 aliphatic rings. The molecular formula is C11H13N3OS. The van der Waals surface area contributed by atoms with E-state index in [1.165, 1.54) is 4.57 Å². The maximum atomic E-state index is 11.8. The lowest BCUT2D eigenvalue weighted by atomic mass is 10.3. The van der Waals surface area contributed by atoms with Gasteiger partial charge in [0.1, 0.15) is 6.33 Å². The first kappa shape index (κ1) is 11.0. The summed E-state index contributed by atoms with van der Waals surface area (Å²) in [6, 6.07) is 3.90. The van der Waals surface area contributed by atoms with Gasteiger partial charge in [0.25, 0.3) is 0 Å². The van der Waals surface area contributed by atoms with Crippen molar-refractivity contribution in [2.75, 3.05) is 6.54 Å². The zero-order valence-corrected chi connectivity index (χ0v) is 9.61. The van der Waals surface area contributed by atoms with Crippen LogP contribution < -0.4 is 5.73 Å². The Morgan fingerprint density at radius 2 is 2.44 bits per heavy atom. The van der Waals surface area contributed by atoms with Crippen molar-refractivity contribution in [2.45, 2.75) is 12.8 Å². The average Bonchev–Trinajstić information content (AvgIpc) is 2.89. The highest BCUT2D eigenvalue weighted by Crippen LogP contribution is 2.10. The van der Waals surface area contributed by atoms with Gasteiger partial charge >= 0.3 is 0 Å². The van der Waals surface area contributed by atoms with Crippen LogP contribution in [0.2, 0.25) is 0 Å². The normalized spacial score (nSPS) is 10.6. The van der Waals surface area contributed by atoms with Gasteiger partial charge in [-0.3, -0.25) is 9.36 Å². The number of hydrogen-bond acceptors (Lipinski definition) is 4. The summed E-state index contributed by atoms with van der Waals surface area (Å²) in [6.07, 6.45) is 4.44. The van der Waals surface area contributed by atoms with Gasteiger partial charge in [0.05, 0.1) is 12.1 Å². The number of carbonyl (C=O) groups is 1. The van der Waals surface area contributed by atoms with Crippen LogP contribution in [0.1, 0.15) is 15.4 Å². The number of nitrogens with two attached hydrogens (primary N) is 1. The Bertz CT molecular complexity index is 461. The van der Waals surface area contributed by atoms with E-state index in [1.807, 2.05) is 17.5 Å². The second-order valence-corrected chi connectivity index (χ2v) is 4.49. The Hall–Kier alpha value is -1.46. The van der Waals surface area contributed by atoms with Gasteiger partial charge < -0.3 is 5.73 Å². The molecule has 2 aromatic heterocycles. The molecule has 0 unspecified atom stereocenters. The summed E-state index contributed by atoms with van der Waals surface area (Å²) >= 11 is 1.59. The first-order valence-electron chi connectivity index (χ1n) is 5.08. The lowest BCUT2D eigenvalue weighted by Crippen LogP contribution is -2.10. The fraction of sp³-hybridized carbons (Fsp3) is 0.273. The van der Waals surface area contributed by atoms with Gasteiger partial charge in [0.15, 0.2) is 0 Å². The summed E-state index contributed by atoms with van der Waals surface area (Å²) in [7, 11) is 0. The van der Waals surface area contributed by atoms with Crippen LogP contribution in [0.25, 0.3) is 0 Å². The average molecular weight is 235 g/mol. The molecule has 84 valence electrons. The summed E-state index contributed by atoms with van der Waals surface area (Å²) in [5.41, 5.74) is 6.29. The molecule has 2 heterocycles. The number of rotatable bonds is 4. The highest BCUT2D eigenvalue weighted by atomic mass is 32.1. The van der Waals surface area contributed by atoms with Crippen molar-refractivity contribution in [3.05, 3.63) is 40.6 Å². The number of carbonyl (C=O) groups excluding carboxylic acids is 1. The van der Waals surface area contributed by atoms with E-state index in [4.69, 9.17) is 5.73 Å². The molecule has 2 rings (SSSR count). The molecule has 0 atom stereocenters. The molecule has 5 heteroatoms. The smallest absolute Gasteiger partial charge is 0.237 e. The third kappa shape index (κ3) is 2.56. The van der Waals surface area contributed by atoms with Crippen LogP contribution in [0.3, 0.4) is 0 Å². The van der Waals surface area contributed by atoms with Crippen molar-refractivity contribution >= 4 is 17.2 Å². The summed E-state index contributed by atoms with van der Waals surface area (Å²) in [5, 5.41) is 1.97. The van der Waals surface area contributed by atoms with E-state index in [2.05, 4.69) is 4.98 Å². The molecule has 0 fully saturated rings. The van der Waals surface area contributed by atoms with Gasteiger partial charge in [-0.1, -0.05) is 6.07 Å². The van der Waals surface area contributed by atoms with Gasteiger partial charge in [0, 0.05) is 17.5 Å². The highest BCUT2D eigenvalue weighted by molar-refractivity contribution is 7.10. The van der Waals surface area contributed by atoms with E-state index < -0.39 is 0 Å². The number of hydrogen-bond donors (Lipinski definition) is 1. The van der Waals surface area contributed by atoms with E-state index in [9.17, 15) is 4.79 Å². The van der Waals surface area contributed by atoms with Gasteiger partial charge in [-0.25, -0.2) is 4.98 Å². The lowest BCUT2D eigenvalue weighted by molar-refractivity contribution is 0.0915. The topological polar surface area (TPSA) is 60.9 Å². The Morgan fingerprint density at radius 1 is 1.56 bits per heavy atom. The molecule has 0 aliphatic carbocycles. The minimum absolute atomic E-state index is 0.0400. The predicted molar refractivity (Wildman–Crippen MR) is 63.6 cm³/mol. The standard InChI is InChI=1S/C11H13N3OS/c12-4-3-9-7-14(8-13-9)11(15)6-10-2-1-5-16-10/h1-2,5,7-8H,3-4,6,12H2. The zero-order valence-electron chi connectivity index (χ0n) is 8.80. The summed E-state index contributed by atoms with van der Waals surface area (Å²) < 4.78 is 1.53. The van der Waals surface area contributed by atoms with E-state index in [0.29, 0.717) is 19.4 Å². The molecule has 2 N–H and O–H groups in total. The lowest BCUT2D eigenvalue weighted by Gasteiger charge is -1.98. The highest BCUT2D eigenvalue weighted by Gasteiger charge is 2.08. The Kier molecular flexibility index (Phi) is 3.48. The van der Waals surface area contributed by atoms with Gasteiger partial charge in [0.2, 0.25) is 5.91 Å². The summed E-state index contributed by atoms with van der Waals surface area (Å²) in [5.74, 6) is 0.0400. The molecule has 2 aromatic rings. The summed E-state index contributed by atoms with van der Waals surface area (Å²) in [4.78, 5) is 17.0. The quantitative estimate of drug-likeness (QED) is 0.869. The molecule has 0 aromatic carbocycles. The molecule has 4 nitrogen and oxygen atoms in total. The maximum absolute atomic E-state index is 11.8. The number of imidazole rings is 1. The molecule has 0 aliphatic heterocycles. The van der Waals surface area contributed by atoms with Crippen molar-refractivity contribution < 1.29 is 4.79 Å². The molecule has 0 saturated carbocycles. The molecular weight excluding hydrogens is 222 g/mol. The van der Waals surface area contributed by atoms with Crippen LogP contribution in [0, 0.1) is 0 Å². The van der Waals surface area contributed by atoms with Crippen molar-refractivity contribution in [1.29, 1.82) is 0 Å². The Labute approximate surface area is 97.7 Å². The van der Waals surface area contributed by atoms with Crippen LogP contribution in [-0.4, -0.2) is 22.0 Å². The SMILES string of the molecule is NCCc1cn(C(=O)Cc2cccs2)cn1. The van der Waals surface area contributed by atoms with E-state index in [0.717, 1.165) is 10.6 Å². The molecule has 16 heavy (non-hydrogen) atoms. The third-order valence-corrected chi connectivity index (χ3v) is 3.11. The molecule has 0 radical (unpaired) electrons. The minimum atomic E-state index is 0.0400. The summed E-state index contributed by atoms with van der Waals surface area (Å²) in [6.45, 7) is 0.552. The van der Waals surface area contributed by atoms with Crippen molar-refractivity contribution in [2.24, 2.45) is 5.73 Å². The molecule has 0 bridgehead atoms.